The maximum Gasteiger partial charge on any atom is 0.00645 e. The van der Waals surface area contributed by atoms with Crippen LogP contribution >= 0.6 is 0 Å². The highest BCUT2D eigenvalue weighted by Crippen LogP contribution is 2.28. The molecule has 0 atom stereocenters. The van der Waals surface area contributed by atoms with Crippen LogP contribution < -0.4 is 0 Å². The summed E-state index contributed by atoms with van der Waals surface area (Å²) < 4.78 is 0. The van der Waals surface area contributed by atoms with Crippen LogP contribution in [0, 0.1) is 11.3 Å². The van der Waals surface area contributed by atoms with Gasteiger partial charge in [0.05, 0.1) is 0 Å². The standard InChI is InChI=1S/C12H23N/c1-10(2)11-6-7-13(5)9-12(3,4)8-11/h8,10H,6-7,9H2,1-5H3. The van der Waals surface area contributed by atoms with Crippen molar-refractivity contribution >= 4 is 0 Å². The van der Waals surface area contributed by atoms with Crippen molar-refractivity contribution in [3.8, 4) is 0 Å². The maximum atomic E-state index is 2.49. The zero-order valence-corrected chi connectivity index (χ0v) is 9.72. The molecule has 0 spiro atoms. The molecule has 13 heavy (non-hydrogen) atoms. The average Bonchev–Trinajstić information content (AvgIpc) is 2.07. The van der Waals surface area contributed by atoms with Crippen molar-refractivity contribution in [1.82, 2.24) is 4.90 Å². The quantitative estimate of drug-likeness (QED) is 0.562. The van der Waals surface area contributed by atoms with Gasteiger partial charge in [-0.2, -0.15) is 0 Å². The van der Waals surface area contributed by atoms with Gasteiger partial charge in [0, 0.05) is 13.1 Å². The third kappa shape index (κ3) is 3.15. The van der Waals surface area contributed by atoms with Gasteiger partial charge >= 0.3 is 0 Å². The molecule has 76 valence electrons. The van der Waals surface area contributed by atoms with Crippen molar-refractivity contribution in [1.29, 1.82) is 0 Å². The first-order chi connectivity index (χ1) is 5.91. The molecule has 0 aromatic carbocycles. The van der Waals surface area contributed by atoms with E-state index in [-0.39, 0.29) is 0 Å². The van der Waals surface area contributed by atoms with Gasteiger partial charge in [-0.15, -0.1) is 0 Å². The molecule has 0 N–H and O–H groups in total. The number of hydrogen-bond acceptors (Lipinski definition) is 1. The third-order valence-electron chi connectivity index (χ3n) is 2.78. The summed E-state index contributed by atoms with van der Waals surface area (Å²) in [7, 11) is 2.22. The molecule has 0 amide bonds. The summed E-state index contributed by atoms with van der Waals surface area (Å²) >= 11 is 0. The molecule has 0 bridgehead atoms. The van der Waals surface area contributed by atoms with E-state index in [0.717, 1.165) is 0 Å². The van der Waals surface area contributed by atoms with E-state index in [2.05, 4.69) is 45.7 Å². The molecular weight excluding hydrogens is 158 g/mol. The Hall–Kier alpha value is -0.300. The fraction of sp³-hybridized carbons (Fsp3) is 0.833. The van der Waals surface area contributed by atoms with Crippen LogP contribution in [0.15, 0.2) is 11.6 Å². The molecule has 1 heteroatoms. The molecule has 1 aliphatic heterocycles. The lowest BCUT2D eigenvalue weighted by atomic mass is 9.88. The first-order valence-electron chi connectivity index (χ1n) is 5.31. The molecule has 0 aromatic rings. The lowest BCUT2D eigenvalue weighted by Crippen LogP contribution is -2.28. The summed E-state index contributed by atoms with van der Waals surface area (Å²) in [5.41, 5.74) is 1.99. The minimum Gasteiger partial charge on any atom is -0.305 e. The fourth-order valence-electron chi connectivity index (χ4n) is 2.17. The van der Waals surface area contributed by atoms with Crippen LogP contribution in [0.25, 0.3) is 0 Å². The molecule has 0 aromatic heterocycles. The van der Waals surface area contributed by atoms with E-state index in [1.54, 1.807) is 5.57 Å². The van der Waals surface area contributed by atoms with E-state index in [1.807, 2.05) is 0 Å². The molecule has 1 rings (SSSR count). The summed E-state index contributed by atoms with van der Waals surface area (Å²) in [6, 6.07) is 0. The van der Waals surface area contributed by atoms with Crippen molar-refractivity contribution in [2.24, 2.45) is 11.3 Å². The zero-order chi connectivity index (χ0) is 10.1. The van der Waals surface area contributed by atoms with E-state index in [0.29, 0.717) is 11.3 Å². The Morgan fingerprint density at radius 1 is 1.38 bits per heavy atom. The predicted molar refractivity (Wildman–Crippen MR) is 58.8 cm³/mol. The van der Waals surface area contributed by atoms with Gasteiger partial charge in [0.2, 0.25) is 0 Å². The Bertz CT molecular complexity index is 201. The first kappa shape index (κ1) is 10.8. The second-order valence-corrected chi connectivity index (χ2v) is 5.35. The number of hydrogen-bond donors (Lipinski definition) is 0. The first-order valence-corrected chi connectivity index (χ1v) is 5.31. The molecule has 0 fully saturated rings. The second-order valence-electron chi connectivity index (χ2n) is 5.35. The van der Waals surface area contributed by atoms with Crippen LogP contribution in [0.3, 0.4) is 0 Å². The molecule has 1 aliphatic rings. The Morgan fingerprint density at radius 3 is 2.54 bits per heavy atom. The van der Waals surface area contributed by atoms with Gasteiger partial charge in [0.15, 0.2) is 0 Å². The van der Waals surface area contributed by atoms with E-state index in [4.69, 9.17) is 0 Å². The fourth-order valence-corrected chi connectivity index (χ4v) is 2.17. The minimum atomic E-state index is 0.352. The molecule has 1 heterocycles. The van der Waals surface area contributed by atoms with Gasteiger partial charge in [-0.05, 0) is 24.8 Å². The molecule has 0 aliphatic carbocycles. The van der Waals surface area contributed by atoms with E-state index < -0.39 is 0 Å². The summed E-state index contributed by atoms with van der Waals surface area (Å²) in [5, 5.41) is 0. The van der Waals surface area contributed by atoms with Crippen molar-refractivity contribution in [3.05, 3.63) is 11.6 Å². The Morgan fingerprint density at radius 2 is 2.00 bits per heavy atom. The molecule has 0 saturated carbocycles. The van der Waals surface area contributed by atoms with Crippen molar-refractivity contribution in [2.75, 3.05) is 20.1 Å². The molecule has 0 saturated heterocycles. The zero-order valence-electron chi connectivity index (χ0n) is 9.72. The smallest absolute Gasteiger partial charge is 0.00645 e. The van der Waals surface area contributed by atoms with Gasteiger partial charge in [0.1, 0.15) is 0 Å². The lowest BCUT2D eigenvalue weighted by Gasteiger charge is -2.24. The van der Waals surface area contributed by atoms with E-state index >= 15 is 0 Å². The van der Waals surface area contributed by atoms with Crippen LogP contribution in [0.2, 0.25) is 0 Å². The van der Waals surface area contributed by atoms with Crippen molar-refractivity contribution in [2.45, 2.75) is 34.1 Å². The molecule has 1 nitrogen and oxygen atoms in total. The van der Waals surface area contributed by atoms with Gasteiger partial charge < -0.3 is 4.90 Å². The van der Waals surface area contributed by atoms with E-state index in [1.165, 1.54) is 19.5 Å². The normalized spacial score (nSPS) is 24.3. The number of nitrogens with zero attached hydrogens (tertiary/aromatic N) is 1. The maximum absolute atomic E-state index is 2.49. The highest BCUT2D eigenvalue weighted by Gasteiger charge is 2.22. The third-order valence-corrected chi connectivity index (χ3v) is 2.78. The monoisotopic (exact) mass is 181 g/mol. The van der Waals surface area contributed by atoms with Crippen LogP contribution in [-0.2, 0) is 0 Å². The summed E-state index contributed by atoms with van der Waals surface area (Å²) in [4.78, 5) is 2.44. The SMILES string of the molecule is CC(C)C1=CC(C)(C)CN(C)CC1. The average molecular weight is 181 g/mol. The Labute approximate surface area is 82.8 Å². The number of rotatable bonds is 1. The Kier molecular flexibility index (Phi) is 3.18. The summed E-state index contributed by atoms with van der Waals surface area (Å²) in [6.45, 7) is 11.7. The van der Waals surface area contributed by atoms with Gasteiger partial charge in [-0.3, -0.25) is 0 Å². The van der Waals surface area contributed by atoms with Crippen molar-refractivity contribution in [3.63, 3.8) is 0 Å². The van der Waals surface area contributed by atoms with Crippen LogP contribution in [0.5, 0.6) is 0 Å². The van der Waals surface area contributed by atoms with E-state index in [9.17, 15) is 0 Å². The molecular formula is C12H23N. The molecule has 0 unspecified atom stereocenters. The van der Waals surface area contributed by atoms with Gasteiger partial charge in [0.25, 0.3) is 0 Å². The Balaban J connectivity index is 2.80. The second kappa shape index (κ2) is 3.83. The lowest BCUT2D eigenvalue weighted by molar-refractivity contribution is 0.263. The molecule has 0 radical (unpaired) electrons. The van der Waals surface area contributed by atoms with Crippen LogP contribution in [0.4, 0.5) is 0 Å². The predicted octanol–water partition coefficient (Wildman–Crippen LogP) is 2.93. The summed E-state index contributed by atoms with van der Waals surface area (Å²) in [6.07, 6.45) is 3.73. The van der Waals surface area contributed by atoms with Crippen LogP contribution in [0.1, 0.15) is 34.1 Å². The topological polar surface area (TPSA) is 3.24 Å². The van der Waals surface area contributed by atoms with Gasteiger partial charge in [-0.1, -0.05) is 39.3 Å². The largest absolute Gasteiger partial charge is 0.305 e. The minimum absolute atomic E-state index is 0.352. The van der Waals surface area contributed by atoms with Crippen LogP contribution in [-0.4, -0.2) is 25.0 Å². The highest BCUT2D eigenvalue weighted by atomic mass is 15.1. The highest BCUT2D eigenvalue weighted by molar-refractivity contribution is 5.12. The summed E-state index contributed by atoms with van der Waals surface area (Å²) in [5.74, 6) is 0.714. The van der Waals surface area contributed by atoms with Crippen molar-refractivity contribution < 1.29 is 0 Å². The van der Waals surface area contributed by atoms with Gasteiger partial charge in [-0.25, -0.2) is 0 Å².